The SMILES string of the molecule is COc1cccc(C[NH+]2CCN(C(=O)COc3ccc(Cl)cc3)CC2)c1. The molecule has 1 N–H and O–H groups in total. The molecule has 26 heavy (non-hydrogen) atoms. The molecular weight excluding hydrogens is 352 g/mol. The zero-order chi connectivity index (χ0) is 18.4. The molecule has 1 aliphatic heterocycles. The fourth-order valence-corrected chi connectivity index (χ4v) is 3.21. The van der Waals surface area contributed by atoms with E-state index in [0.717, 1.165) is 38.5 Å². The maximum atomic E-state index is 12.3. The van der Waals surface area contributed by atoms with Gasteiger partial charge in [-0.2, -0.15) is 0 Å². The predicted octanol–water partition coefficient (Wildman–Crippen LogP) is 1.65. The zero-order valence-corrected chi connectivity index (χ0v) is 15.7. The number of hydrogen-bond donors (Lipinski definition) is 1. The van der Waals surface area contributed by atoms with Gasteiger partial charge in [0.1, 0.15) is 18.0 Å². The lowest BCUT2D eigenvalue weighted by atomic mass is 10.2. The van der Waals surface area contributed by atoms with Crippen molar-refractivity contribution in [1.29, 1.82) is 0 Å². The normalized spacial score (nSPS) is 14.9. The van der Waals surface area contributed by atoms with E-state index in [1.807, 2.05) is 17.0 Å². The van der Waals surface area contributed by atoms with Gasteiger partial charge in [-0.15, -0.1) is 0 Å². The molecule has 5 nitrogen and oxygen atoms in total. The van der Waals surface area contributed by atoms with Crippen molar-refractivity contribution < 1.29 is 19.2 Å². The highest BCUT2D eigenvalue weighted by molar-refractivity contribution is 6.30. The Hall–Kier alpha value is -2.24. The Balaban J connectivity index is 1.43. The number of quaternary nitrogens is 1. The Morgan fingerprint density at radius 3 is 2.54 bits per heavy atom. The molecule has 1 heterocycles. The van der Waals surface area contributed by atoms with Gasteiger partial charge in [0.25, 0.3) is 5.91 Å². The molecule has 1 saturated heterocycles. The Morgan fingerprint density at radius 1 is 1.12 bits per heavy atom. The van der Waals surface area contributed by atoms with Crippen LogP contribution in [0.3, 0.4) is 0 Å². The summed E-state index contributed by atoms with van der Waals surface area (Å²) in [6.45, 7) is 4.38. The van der Waals surface area contributed by atoms with Crippen LogP contribution in [0.1, 0.15) is 5.56 Å². The Bertz CT molecular complexity index is 728. The van der Waals surface area contributed by atoms with Crippen LogP contribution in [0.25, 0.3) is 0 Å². The lowest BCUT2D eigenvalue weighted by molar-refractivity contribution is -0.917. The number of halogens is 1. The predicted molar refractivity (Wildman–Crippen MR) is 101 cm³/mol. The molecule has 0 bridgehead atoms. The molecule has 0 unspecified atom stereocenters. The molecule has 6 heteroatoms. The average Bonchev–Trinajstić information content (AvgIpc) is 2.68. The van der Waals surface area contributed by atoms with Gasteiger partial charge in [-0.25, -0.2) is 0 Å². The highest BCUT2D eigenvalue weighted by Crippen LogP contribution is 2.15. The van der Waals surface area contributed by atoms with E-state index in [2.05, 4.69) is 12.1 Å². The Kier molecular flexibility index (Phi) is 6.36. The molecule has 2 aromatic carbocycles. The van der Waals surface area contributed by atoms with Crippen LogP contribution in [-0.2, 0) is 11.3 Å². The topological polar surface area (TPSA) is 43.2 Å². The summed E-state index contributed by atoms with van der Waals surface area (Å²) in [5, 5.41) is 0.652. The number of rotatable bonds is 6. The van der Waals surface area contributed by atoms with E-state index in [-0.39, 0.29) is 12.5 Å². The zero-order valence-electron chi connectivity index (χ0n) is 14.9. The molecule has 1 aliphatic rings. The summed E-state index contributed by atoms with van der Waals surface area (Å²) in [6, 6.07) is 15.2. The van der Waals surface area contributed by atoms with E-state index in [0.29, 0.717) is 10.8 Å². The molecule has 0 aromatic heterocycles. The summed E-state index contributed by atoms with van der Waals surface area (Å²) in [5.41, 5.74) is 1.25. The number of piperazine rings is 1. The quantitative estimate of drug-likeness (QED) is 0.835. The number of amides is 1. The Labute approximate surface area is 159 Å². The summed E-state index contributed by atoms with van der Waals surface area (Å²) < 4.78 is 10.8. The summed E-state index contributed by atoms with van der Waals surface area (Å²) >= 11 is 5.84. The molecule has 0 atom stereocenters. The summed E-state index contributed by atoms with van der Waals surface area (Å²) in [6.07, 6.45) is 0. The van der Waals surface area contributed by atoms with Crippen molar-refractivity contribution in [3.8, 4) is 11.5 Å². The van der Waals surface area contributed by atoms with E-state index in [1.165, 1.54) is 10.5 Å². The van der Waals surface area contributed by atoms with Crippen molar-refractivity contribution in [3.63, 3.8) is 0 Å². The van der Waals surface area contributed by atoms with Gasteiger partial charge in [0.2, 0.25) is 0 Å². The fraction of sp³-hybridized carbons (Fsp3) is 0.350. The van der Waals surface area contributed by atoms with Crippen LogP contribution in [0.2, 0.25) is 5.02 Å². The summed E-state index contributed by atoms with van der Waals surface area (Å²) in [4.78, 5) is 15.7. The van der Waals surface area contributed by atoms with Gasteiger partial charge in [-0.05, 0) is 36.4 Å². The highest BCUT2D eigenvalue weighted by Gasteiger charge is 2.24. The van der Waals surface area contributed by atoms with Crippen molar-refractivity contribution in [2.45, 2.75) is 6.54 Å². The highest BCUT2D eigenvalue weighted by atomic mass is 35.5. The summed E-state index contributed by atoms with van der Waals surface area (Å²) in [7, 11) is 1.68. The molecule has 0 aliphatic carbocycles. The van der Waals surface area contributed by atoms with Gasteiger partial charge >= 0.3 is 0 Å². The second-order valence-electron chi connectivity index (χ2n) is 6.40. The van der Waals surface area contributed by atoms with Crippen LogP contribution in [0.15, 0.2) is 48.5 Å². The first-order valence-electron chi connectivity index (χ1n) is 8.76. The first-order valence-corrected chi connectivity index (χ1v) is 9.14. The summed E-state index contributed by atoms with van der Waals surface area (Å²) in [5.74, 6) is 1.57. The third-order valence-corrected chi connectivity index (χ3v) is 4.84. The van der Waals surface area contributed by atoms with Crippen molar-refractivity contribution in [3.05, 3.63) is 59.1 Å². The first kappa shape index (κ1) is 18.5. The number of methoxy groups -OCH3 is 1. The van der Waals surface area contributed by atoms with E-state index in [9.17, 15) is 4.79 Å². The van der Waals surface area contributed by atoms with Gasteiger partial charge in [-0.3, -0.25) is 4.79 Å². The van der Waals surface area contributed by atoms with E-state index >= 15 is 0 Å². The number of ether oxygens (including phenoxy) is 2. The lowest BCUT2D eigenvalue weighted by Crippen LogP contribution is -3.13. The third kappa shape index (κ3) is 5.13. The van der Waals surface area contributed by atoms with Crippen LogP contribution in [0, 0.1) is 0 Å². The minimum absolute atomic E-state index is 0.0281. The molecule has 0 radical (unpaired) electrons. The van der Waals surface area contributed by atoms with Gasteiger partial charge < -0.3 is 19.3 Å². The largest absolute Gasteiger partial charge is 0.497 e. The van der Waals surface area contributed by atoms with Crippen LogP contribution >= 0.6 is 11.6 Å². The maximum absolute atomic E-state index is 12.3. The minimum Gasteiger partial charge on any atom is -0.497 e. The van der Waals surface area contributed by atoms with Gasteiger partial charge in [-0.1, -0.05) is 23.7 Å². The monoisotopic (exact) mass is 375 g/mol. The average molecular weight is 376 g/mol. The van der Waals surface area contributed by atoms with Crippen LogP contribution < -0.4 is 14.4 Å². The van der Waals surface area contributed by atoms with E-state index < -0.39 is 0 Å². The standard InChI is InChI=1S/C20H23ClN2O3/c1-25-19-4-2-3-16(13-19)14-22-9-11-23(12-10-22)20(24)15-26-18-7-5-17(21)6-8-18/h2-8,13H,9-12,14-15H2,1H3/p+1. The molecule has 1 amide bonds. The molecule has 3 rings (SSSR count). The van der Waals surface area contributed by atoms with Crippen LogP contribution in [0.5, 0.6) is 11.5 Å². The van der Waals surface area contributed by atoms with Crippen molar-refractivity contribution in [1.82, 2.24) is 4.90 Å². The Morgan fingerprint density at radius 2 is 1.85 bits per heavy atom. The van der Waals surface area contributed by atoms with Crippen LogP contribution in [-0.4, -0.2) is 50.7 Å². The first-order chi connectivity index (χ1) is 12.6. The molecule has 138 valence electrons. The van der Waals surface area contributed by atoms with Crippen molar-refractivity contribution >= 4 is 17.5 Å². The smallest absolute Gasteiger partial charge is 0.260 e. The number of carbonyl (C=O) groups is 1. The number of nitrogens with zero attached hydrogens (tertiary/aromatic N) is 1. The number of nitrogens with one attached hydrogen (secondary N) is 1. The number of carbonyl (C=O) groups excluding carboxylic acids is 1. The number of hydrogen-bond acceptors (Lipinski definition) is 3. The maximum Gasteiger partial charge on any atom is 0.260 e. The lowest BCUT2D eigenvalue weighted by Gasteiger charge is -2.32. The van der Waals surface area contributed by atoms with Gasteiger partial charge in [0.05, 0.1) is 33.3 Å². The van der Waals surface area contributed by atoms with Gasteiger partial charge in [0, 0.05) is 10.6 Å². The second kappa shape index (κ2) is 8.92. The molecule has 2 aromatic rings. The number of benzene rings is 2. The van der Waals surface area contributed by atoms with E-state index in [4.69, 9.17) is 21.1 Å². The molecule has 0 spiro atoms. The fourth-order valence-electron chi connectivity index (χ4n) is 3.09. The van der Waals surface area contributed by atoms with E-state index in [1.54, 1.807) is 31.4 Å². The van der Waals surface area contributed by atoms with Crippen molar-refractivity contribution in [2.75, 3.05) is 39.9 Å². The molecule has 1 fully saturated rings. The van der Waals surface area contributed by atoms with Crippen LogP contribution in [0.4, 0.5) is 0 Å². The third-order valence-electron chi connectivity index (χ3n) is 4.59. The molecule has 0 saturated carbocycles. The van der Waals surface area contributed by atoms with Crippen molar-refractivity contribution in [2.24, 2.45) is 0 Å². The van der Waals surface area contributed by atoms with Gasteiger partial charge in [0.15, 0.2) is 6.61 Å². The molecular formula is C20H24ClN2O3+. The second-order valence-corrected chi connectivity index (χ2v) is 6.84. The minimum atomic E-state index is 0.0281.